The summed E-state index contributed by atoms with van der Waals surface area (Å²) in [7, 11) is 0. The highest BCUT2D eigenvalue weighted by atomic mass is 16.3. The van der Waals surface area contributed by atoms with Gasteiger partial charge in [0.2, 0.25) is 0 Å². The van der Waals surface area contributed by atoms with Crippen molar-refractivity contribution in [1.82, 2.24) is 10.2 Å². The highest BCUT2D eigenvalue weighted by Crippen LogP contribution is 2.14. The Balaban J connectivity index is 2.86. The van der Waals surface area contributed by atoms with Crippen LogP contribution in [0, 0.1) is 6.92 Å². The lowest BCUT2D eigenvalue weighted by atomic mass is 10.2. The molecule has 0 fully saturated rings. The van der Waals surface area contributed by atoms with E-state index in [2.05, 4.69) is 20.2 Å². The van der Waals surface area contributed by atoms with Gasteiger partial charge < -0.3 is 5.11 Å². The Morgan fingerprint density at radius 2 is 2.67 bits per heavy atom. The largest absolute Gasteiger partial charge is 0.396 e. The molecule has 0 aliphatic heterocycles. The predicted molar refractivity (Wildman–Crippen MR) is 42.3 cm³/mol. The van der Waals surface area contributed by atoms with Gasteiger partial charge in [0.05, 0.1) is 12.3 Å². The van der Waals surface area contributed by atoms with E-state index in [0.717, 1.165) is 5.69 Å². The van der Waals surface area contributed by atoms with Gasteiger partial charge >= 0.3 is 0 Å². The van der Waals surface area contributed by atoms with E-state index >= 15 is 0 Å². The first-order valence-corrected chi connectivity index (χ1v) is 3.45. The zero-order chi connectivity index (χ0) is 8.97. The Bertz CT molecular complexity index is 301. The number of hydrogen-bond donors (Lipinski definition) is 2. The standard InChI is InChI=1S/C6H9N5O/c1-4-2-5(9-8-4)6(3-12)10-11-7/h2,6,12H,3H2,1H3,(H,8,9). The fraction of sp³-hybridized carbons (Fsp3) is 0.500. The molecule has 0 amide bonds. The summed E-state index contributed by atoms with van der Waals surface area (Å²) in [5, 5.41) is 18.7. The van der Waals surface area contributed by atoms with E-state index in [1.54, 1.807) is 6.07 Å². The average molecular weight is 167 g/mol. The molecule has 1 heterocycles. The molecule has 0 saturated heterocycles. The third-order valence-electron chi connectivity index (χ3n) is 1.43. The number of aromatic nitrogens is 2. The van der Waals surface area contributed by atoms with Crippen molar-refractivity contribution >= 4 is 0 Å². The average Bonchev–Trinajstić information content (AvgIpc) is 2.47. The van der Waals surface area contributed by atoms with Gasteiger partial charge in [0.25, 0.3) is 0 Å². The van der Waals surface area contributed by atoms with Crippen molar-refractivity contribution in [2.75, 3.05) is 6.61 Å². The van der Waals surface area contributed by atoms with E-state index in [0.29, 0.717) is 5.69 Å². The molecular weight excluding hydrogens is 158 g/mol. The van der Waals surface area contributed by atoms with Crippen LogP contribution in [0.15, 0.2) is 11.2 Å². The summed E-state index contributed by atoms with van der Waals surface area (Å²) in [6.07, 6.45) is 0. The smallest absolute Gasteiger partial charge is 0.105 e. The van der Waals surface area contributed by atoms with Crippen LogP contribution in [0.25, 0.3) is 10.4 Å². The van der Waals surface area contributed by atoms with E-state index in [9.17, 15) is 0 Å². The van der Waals surface area contributed by atoms with Crippen LogP contribution >= 0.6 is 0 Å². The summed E-state index contributed by atoms with van der Waals surface area (Å²) < 4.78 is 0. The van der Waals surface area contributed by atoms with Crippen molar-refractivity contribution in [3.63, 3.8) is 0 Å². The number of hydrogen-bond acceptors (Lipinski definition) is 3. The van der Waals surface area contributed by atoms with Crippen LogP contribution in [-0.4, -0.2) is 21.9 Å². The Hall–Kier alpha value is -1.52. The molecule has 0 saturated carbocycles. The zero-order valence-corrected chi connectivity index (χ0v) is 6.60. The minimum Gasteiger partial charge on any atom is -0.396 e. The maximum atomic E-state index is 8.80. The van der Waals surface area contributed by atoms with Gasteiger partial charge in [-0.1, -0.05) is 5.11 Å². The zero-order valence-electron chi connectivity index (χ0n) is 6.60. The summed E-state index contributed by atoms with van der Waals surface area (Å²) in [5.41, 5.74) is 9.58. The van der Waals surface area contributed by atoms with Crippen LogP contribution in [-0.2, 0) is 0 Å². The molecule has 1 unspecified atom stereocenters. The number of H-pyrrole nitrogens is 1. The molecule has 0 bridgehead atoms. The number of azide groups is 1. The summed E-state index contributed by atoms with van der Waals surface area (Å²) >= 11 is 0. The van der Waals surface area contributed by atoms with Crippen LogP contribution in [0.1, 0.15) is 17.4 Å². The van der Waals surface area contributed by atoms with Gasteiger partial charge in [-0.05, 0) is 18.5 Å². The second kappa shape index (κ2) is 3.75. The van der Waals surface area contributed by atoms with Gasteiger partial charge in [0.15, 0.2) is 0 Å². The lowest BCUT2D eigenvalue weighted by Gasteiger charge is -2.00. The summed E-state index contributed by atoms with van der Waals surface area (Å²) in [5.74, 6) is 0. The molecular formula is C6H9N5O. The Morgan fingerprint density at radius 1 is 1.92 bits per heavy atom. The molecule has 1 atom stereocenters. The van der Waals surface area contributed by atoms with E-state index in [1.807, 2.05) is 6.92 Å². The van der Waals surface area contributed by atoms with Gasteiger partial charge in [-0.3, -0.25) is 5.10 Å². The Labute approximate surface area is 68.9 Å². The molecule has 6 heteroatoms. The quantitative estimate of drug-likeness (QED) is 0.399. The van der Waals surface area contributed by atoms with Crippen LogP contribution in [0.2, 0.25) is 0 Å². The maximum absolute atomic E-state index is 8.80. The van der Waals surface area contributed by atoms with E-state index in [-0.39, 0.29) is 6.61 Å². The second-order valence-electron chi connectivity index (χ2n) is 2.38. The monoisotopic (exact) mass is 167 g/mol. The van der Waals surface area contributed by atoms with E-state index < -0.39 is 6.04 Å². The van der Waals surface area contributed by atoms with Crippen LogP contribution < -0.4 is 0 Å². The van der Waals surface area contributed by atoms with Gasteiger partial charge in [0, 0.05) is 10.6 Å². The third-order valence-corrected chi connectivity index (χ3v) is 1.43. The van der Waals surface area contributed by atoms with E-state index in [4.69, 9.17) is 10.6 Å². The fourth-order valence-corrected chi connectivity index (χ4v) is 0.861. The van der Waals surface area contributed by atoms with Crippen LogP contribution in [0.3, 0.4) is 0 Å². The lowest BCUT2D eigenvalue weighted by Crippen LogP contribution is -2.00. The molecule has 2 N–H and O–H groups in total. The number of aromatic amines is 1. The number of nitrogens with one attached hydrogen (secondary N) is 1. The minimum absolute atomic E-state index is 0.228. The van der Waals surface area contributed by atoms with Crippen LogP contribution in [0.4, 0.5) is 0 Å². The third kappa shape index (κ3) is 1.75. The second-order valence-corrected chi connectivity index (χ2v) is 2.38. The van der Waals surface area contributed by atoms with Gasteiger partial charge in [-0.15, -0.1) is 0 Å². The van der Waals surface area contributed by atoms with Crippen molar-refractivity contribution in [2.24, 2.45) is 5.11 Å². The molecule has 64 valence electrons. The molecule has 1 rings (SSSR count). The highest BCUT2D eigenvalue weighted by Gasteiger charge is 2.10. The van der Waals surface area contributed by atoms with Crippen molar-refractivity contribution in [2.45, 2.75) is 13.0 Å². The highest BCUT2D eigenvalue weighted by molar-refractivity contribution is 5.11. The number of aliphatic hydroxyl groups is 1. The predicted octanol–water partition coefficient (Wildman–Crippen LogP) is 1.06. The summed E-state index contributed by atoms with van der Waals surface area (Å²) in [6, 6.07) is 1.15. The maximum Gasteiger partial charge on any atom is 0.105 e. The first-order chi connectivity index (χ1) is 5.77. The summed E-state index contributed by atoms with van der Waals surface area (Å²) in [6.45, 7) is 1.61. The van der Waals surface area contributed by atoms with Gasteiger partial charge in [0.1, 0.15) is 6.04 Å². The van der Waals surface area contributed by atoms with Crippen molar-refractivity contribution in [1.29, 1.82) is 0 Å². The van der Waals surface area contributed by atoms with Crippen molar-refractivity contribution < 1.29 is 5.11 Å². The fourth-order valence-electron chi connectivity index (χ4n) is 0.861. The van der Waals surface area contributed by atoms with Gasteiger partial charge in [-0.25, -0.2) is 0 Å². The molecule has 1 aromatic rings. The number of nitrogens with zero attached hydrogens (tertiary/aromatic N) is 4. The number of aliphatic hydroxyl groups excluding tert-OH is 1. The Morgan fingerprint density at radius 3 is 3.08 bits per heavy atom. The molecule has 0 aliphatic carbocycles. The molecule has 0 aromatic carbocycles. The first-order valence-electron chi connectivity index (χ1n) is 3.45. The van der Waals surface area contributed by atoms with Crippen molar-refractivity contribution in [3.05, 3.63) is 27.9 Å². The molecule has 0 radical (unpaired) electrons. The lowest BCUT2D eigenvalue weighted by molar-refractivity contribution is 0.265. The molecule has 6 nitrogen and oxygen atoms in total. The molecule has 12 heavy (non-hydrogen) atoms. The molecule has 1 aromatic heterocycles. The number of rotatable bonds is 3. The molecule has 0 aliphatic rings. The summed E-state index contributed by atoms with van der Waals surface area (Å²) in [4.78, 5) is 2.60. The van der Waals surface area contributed by atoms with Gasteiger partial charge in [-0.2, -0.15) is 5.10 Å². The SMILES string of the molecule is Cc1cc(C(CO)N=[N+]=[N-])n[nH]1. The number of aryl methyl sites for hydroxylation is 1. The van der Waals surface area contributed by atoms with E-state index in [1.165, 1.54) is 0 Å². The first kappa shape index (κ1) is 8.58. The normalized spacial score (nSPS) is 12.2. The molecule has 0 spiro atoms. The topological polar surface area (TPSA) is 97.7 Å². The minimum atomic E-state index is -0.583. The Kier molecular flexibility index (Phi) is 2.68. The van der Waals surface area contributed by atoms with Crippen molar-refractivity contribution in [3.8, 4) is 0 Å². The van der Waals surface area contributed by atoms with Crippen LogP contribution in [0.5, 0.6) is 0 Å².